The van der Waals surface area contributed by atoms with Gasteiger partial charge in [-0.15, -0.1) is 0 Å². The quantitative estimate of drug-likeness (QED) is 0.786. The third kappa shape index (κ3) is 5.24. The molecule has 7 heteroatoms. The second-order valence-electron chi connectivity index (χ2n) is 4.97. The minimum absolute atomic E-state index is 0.215. The Morgan fingerprint density at radius 2 is 1.83 bits per heavy atom. The molecule has 0 aliphatic heterocycles. The zero-order valence-corrected chi connectivity index (χ0v) is 13.7. The number of methoxy groups -OCH3 is 1. The normalized spacial score (nSPS) is 10.1. The Morgan fingerprint density at radius 3 is 2.50 bits per heavy atom. The zero-order chi connectivity index (χ0) is 17.5. The summed E-state index contributed by atoms with van der Waals surface area (Å²) in [7, 11) is 1.47. The summed E-state index contributed by atoms with van der Waals surface area (Å²) in [5.41, 5.74) is 1.13. The number of benzene rings is 2. The standard InChI is InChI=1S/C17H16ClFN2O3/c1-24-15-7-4-12(18)8-14(15)21-17(23)9-16(22)20-10-11-2-5-13(19)6-3-11/h2-8H,9-10H2,1H3,(H,20,22)(H,21,23). The number of rotatable bonds is 6. The molecule has 0 fully saturated rings. The first-order valence-corrected chi connectivity index (χ1v) is 7.50. The number of anilines is 1. The van der Waals surface area contributed by atoms with Gasteiger partial charge < -0.3 is 15.4 Å². The van der Waals surface area contributed by atoms with Crippen molar-refractivity contribution in [3.8, 4) is 5.75 Å². The summed E-state index contributed by atoms with van der Waals surface area (Å²) in [6.45, 7) is 0.215. The van der Waals surface area contributed by atoms with Crippen molar-refractivity contribution >= 4 is 29.1 Å². The smallest absolute Gasteiger partial charge is 0.233 e. The second kappa shape index (κ2) is 8.31. The molecule has 0 saturated carbocycles. The number of ether oxygens (including phenoxy) is 1. The van der Waals surface area contributed by atoms with Crippen molar-refractivity contribution in [1.82, 2.24) is 5.32 Å². The lowest BCUT2D eigenvalue weighted by molar-refractivity contribution is -0.126. The summed E-state index contributed by atoms with van der Waals surface area (Å²) in [5, 5.41) is 5.61. The van der Waals surface area contributed by atoms with Gasteiger partial charge in [0.05, 0.1) is 12.8 Å². The van der Waals surface area contributed by atoms with Crippen LogP contribution in [0.2, 0.25) is 5.02 Å². The lowest BCUT2D eigenvalue weighted by atomic mass is 10.2. The number of carbonyl (C=O) groups excluding carboxylic acids is 2. The molecular weight excluding hydrogens is 335 g/mol. The summed E-state index contributed by atoms with van der Waals surface area (Å²) >= 11 is 5.88. The predicted molar refractivity (Wildman–Crippen MR) is 89.5 cm³/mol. The molecule has 0 aliphatic rings. The van der Waals surface area contributed by atoms with E-state index in [4.69, 9.17) is 16.3 Å². The van der Waals surface area contributed by atoms with Gasteiger partial charge in [0.25, 0.3) is 0 Å². The molecule has 0 spiro atoms. The summed E-state index contributed by atoms with van der Waals surface area (Å²) in [5.74, 6) is -0.843. The van der Waals surface area contributed by atoms with E-state index in [2.05, 4.69) is 10.6 Å². The van der Waals surface area contributed by atoms with Gasteiger partial charge in [-0.25, -0.2) is 4.39 Å². The lowest BCUT2D eigenvalue weighted by Gasteiger charge is -2.10. The monoisotopic (exact) mass is 350 g/mol. The van der Waals surface area contributed by atoms with Crippen LogP contribution in [-0.2, 0) is 16.1 Å². The van der Waals surface area contributed by atoms with Crippen LogP contribution in [-0.4, -0.2) is 18.9 Å². The van der Waals surface area contributed by atoms with Gasteiger partial charge in [-0.05, 0) is 35.9 Å². The van der Waals surface area contributed by atoms with Crippen molar-refractivity contribution < 1.29 is 18.7 Å². The van der Waals surface area contributed by atoms with E-state index in [0.29, 0.717) is 16.5 Å². The topological polar surface area (TPSA) is 67.4 Å². The number of hydrogen-bond donors (Lipinski definition) is 2. The molecule has 0 atom stereocenters. The van der Waals surface area contributed by atoms with Crippen molar-refractivity contribution in [2.45, 2.75) is 13.0 Å². The molecule has 2 rings (SSSR count). The zero-order valence-electron chi connectivity index (χ0n) is 12.9. The highest BCUT2D eigenvalue weighted by Crippen LogP contribution is 2.27. The summed E-state index contributed by atoms with van der Waals surface area (Å²) in [6.07, 6.45) is -0.350. The van der Waals surface area contributed by atoms with Crippen LogP contribution < -0.4 is 15.4 Å². The first-order chi connectivity index (χ1) is 11.5. The molecule has 0 radical (unpaired) electrons. The SMILES string of the molecule is COc1ccc(Cl)cc1NC(=O)CC(=O)NCc1ccc(F)cc1. The molecule has 0 saturated heterocycles. The van der Waals surface area contributed by atoms with E-state index < -0.39 is 11.8 Å². The molecule has 5 nitrogen and oxygen atoms in total. The fraction of sp³-hybridized carbons (Fsp3) is 0.176. The minimum Gasteiger partial charge on any atom is -0.495 e. The Bertz CT molecular complexity index is 735. The second-order valence-corrected chi connectivity index (χ2v) is 5.41. The maximum Gasteiger partial charge on any atom is 0.233 e. The van der Waals surface area contributed by atoms with Crippen molar-refractivity contribution in [2.24, 2.45) is 0 Å². The largest absolute Gasteiger partial charge is 0.495 e. The van der Waals surface area contributed by atoms with Gasteiger partial charge in [0.2, 0.25) is 11.8 Å². The molecule has 24 heavy (non-hydrogen) atoms. The van der Waals surface area contributed by atoms with Gasteiger partial charge in [0, 0.05) is 11.6 Å². The maximum absolute atomic E-state index is 12.8. The molecule has 0 bridgehead atoms. The molecule has 0 unspecified atom stereocenters. The van der Waals surface area contributed by atoms with Crippen molar-refractivity contribution in [3.05, 3.63) is 58.9 Å². The van der Waals surface area contributed by atoms with Crippen LogP contribution in [0.4, 0.5) is 10.1 Å². The van der Waals surface area contributed by atoms with Crippen molar-refractivity contribution in [2.75, 3.05) is 12.4 Å². The van der Waals surface area contributed by atoms with Crippen LogP contribution in [0.5, 0.6) is 5.75 Å². The van der Waals surface area contributed by atoms with Gasteiger partial charge in [-0.1, -0.05) is 23.7 Å². The number of hydrogen-bond acceptors (Lipinski definition) is 3. The first-order valence-electron chi connectivity index (χ1n) is 7.12. The van der Waals surface area contributed by atoms with Crippen LogP contribution in [0.15, 0.2) is 42.5 Å². The van der Waals surface area contributed by atoms with E-state index in [1.54, 1.807) is 24.3 Å². The van der Waals surface area contributed by atoms with Gasteiger partial charge >= 0.3 is 0 Å². The molecule has 2 aromatic carbocycles. The molecule has 0 aromatic heterocycles. The fourth-order valence-electron chi connectivity index (χ4n) is 1.98. The van der Waals surface area contributed by atoms with E-state index in [1.807, 2.05) is 0 Å². The summed E-state index contributed by atoms with van der Waals surface area (Å²) in [6, 6.07) is 10.5. The predicted octanol–water partition coefficient (Wildman–Crippen LogP) is 3.13. The van der Waals surface area contributed by atoms with E-state index in [9.17, 15) is 14.0 Å². The van der Waals surface area contributed by atoms with Gasteiger partial charge in [-0.3, -0.25) is 9.59 Å². The lowest BCUT2D eigenvalue weighted by Crippen LogP contribution is -2.27. The first kappa shape index (κ1) is 17.7. The van der Waals surface area contributed by atoms with E-state index in [0.717, 1.165) is 5.56 Å². The average molecular weight is 351 g/mol. The number of carbonyl (C=O) groups is 2. The molecule has 0 heterocycles. The Labute approximate surface area is 143 Å². The number of amides is 2. The minimum atomic E-state index is -0.493. The molecular formula is C17H16ClFN2O3. The van der Waals surface area contributed by atoms with E-state index in [-0.39, 0.29) is 18.8 Å². The van der Waals surface area contributed by atoms with Crippen molar-refractivity contribution in [3.63, 3.8) is 0 Å². The molecule has 2 N–H and O–H groups in total. The van der Waals surface area contributed by atoms with Gasteiger partial charge in [0.15, 0.2) is 0 Å². The van der Waals surface area contributed by atoms with E-state index in [1.165, 1.54) is 25.3 Å². The average Bonchev–Trinajstić information content (AvgIpc) is 2.54. The third-order valence-corrected chi connectivity index (χ3v) is 3.39. The highest BCUT2D eigenvalue weighted by Gasteiger charge is 2.12. The van der Waals surface area contributed by atoms with Crippen LogP contribution in [0, 0.1) is 5.82 Å². The summed E-state index contributed by atoms with van der Waals surface area (Å²) in [4.78, 5) is 23.7. The summed E-state index contributed by atoms with van der Waals surface area (Å²) < 4.78 is 17.9. The third-order valence-electron chi connectivity index (χ3n) is 3.16. The van der Waals surface area contributed by atoms with Crippen LogP contribution >= 0.6 is 11.6 Å². The Balaban J connectivity index is 1.86. The number of halogens is 2. The van der Waals surface area contributed by atoms with Gasteiger partial charge in [0.1, 0.15) is 18.0 Å². The fourth-order valence-corrected chi connectivity index (χ4v) is 2.16. The molecule has 0 aliphatic carbocycles. The van der Waals surface area contributed by atoms with Crippen LogP contribution in [0.3, 0.4) is 0 Å². The number of nitrogens with one attached hydrogen (secondary N) is 2. The van der Waals surface area contributed by atoms with Gasteiger partial charge in [-0.2, -0.15) is 0 Å². The van der Waals surface area contributed by atoms with Crippen LogP contribution in [0.1, 0.15) is 12.0 Å². The highest BCUT2D eigenvalue weighted by molar-refractivity contribution is 6.31. The van der Waals surface area contributed by atoms with Crippen molar-refractivity contribution in [1.29, 1.82) is 0 Å². The Kier molecular flexibility index (Phi) is 6.14. The maximum atomic E-state index is 12.8. The molecule has 2 amide bonds. The molecule has 126 valence electrons. The Hall–Kier alpha value is -2.60. The highest BCUT2D eigenvalue weighted by atomic mass is 35.5. The van der Waals surface area contributed by atoms with E-state index >= 15 is 0 Å². The Morgan fingerprint density at radius 1 is 1.12 bits per heavy atom. The van der Waals surface area contributed by atoms with Crippen LogP contribution in [0.25, 0.3) is 0 Å². The molecule has 2 aromatic rings.